The van der Waals surface area contributed by atoms with Gasteiger partial charge in [-0.2, -0.15) is 0 Å². The standard InChI is InChI=1S/C15H30N2O3/c1-5-11(4)14(15(19)20)17-13(18)7-6-12(8-9-16)10(2)3/h10-12,14H,5-9,16H2,1-4H3,(H,17,18)(H,19,20)/t11-,12?,14-/m0/s1. The van der Waals surface area contributed by atoms with Crippen LogP contribution in [0.15, 0.2) is 0 Å². The summed E-state index contributed by atoms with van der Waals surface area (Å²) in [7, 11) is 0. The summed E-state index contributed by atoms with van der Waals surface area (Å²) in [6.07, 6.45) is 2.74. The second-order valence-corrected chi connectivity index (χ2v) is 5.89. The summed E-state index contributed by atoms with van der Waals surface area (Å²) in [5, 5.41) is 11.8. The maximum absolute atomic E-state index is 11.9. The highest BCUT2D eigenvalue weighted by Gasteiger charge is 2.25. The fourth-order valence-electron chi connectivity index (χ4n) is 2.27. The van der Waals surface area contributed by atoms with Crippen LogP contribution in [0.3, 0.4) is 0 Å². The maximum Gasteiger partial charge on any atom is 0.326 e. The van der Waals surface area contributed by atoms with Crippen molar-refractivity contribution in [3.8, 4) is 0 Å². The molecule has 0 bridgehead atoms. The predicted octanol–water partition coefficient (Wildman–Crippen LogP) is 2.00. The van der Waals surface area contributed by atoms with Gasteiger partial charge in [-0.25, -0.2) is 4.79 Å². The van der Waals surface area contributed by atoms with Crippen molar-refractivity contribution in [1.29, 1.82) is 0 Å². The van der Waals surface area contributed by atoms with E-state index >= 15 is 0 Å². The number of rotatable bonds is 10. The summed E-state index contributed by atoms with van der Waals surface area (Å²) in [5.74, 6) is -0.314. The number of carboxylic acid groups (broad SMARTS) is 1. The minimum atomic E-state index is -0.963. The number of hydrogen-bond acceptors (Lipinski definition) is 3. The van der Waals surface area contributed by atoms with Gasteiger partial charge in [0.2, 0.25) is 5.91 Å². The molecule has 0 aromatic carbocycles. The first-order chi connectivity index (χ1) is 9.33. The average Bonchev–Trinajstić information content (AvgIpc) is 2.39. The van der Waals surface area contributed by atoms with Crippen LogP contribution in [-0.4, -0.2) is 29.6 Å². The lowest BCUT2D eigenvalue weighted by atomic mass is 9.88. The third-order valence-electron chi connectivity index (χ3n) is 4.02. The molecule has 0 aliphatic heterocycles. The minimum Gasteiger partial charge on any atom is -0.480 e. The maximum atomic E-state index is 11.9. The summed E-state index contributed by atoms with van der Waals surface area (Å²) >= 11 is 0. The van der Waals surface area contributed by atoms with Crippen LogP contribution in [0.25, 0.3) is 0 Å². The zero-order valence-electron chi connectivity index (χ0n) is 13.2. The van der Waals surface area contributed by atoms with Crippen molar-refractivity contribution in [2.45, 2.75) is 59.4 Å². The van der Waals surface area contributed by atoms with Crippen LogP contribution >= 0.6 is 0 Å². The normalized spacial score (nSPS) is 15.7. The van der Waals surface area contributed by atoms with Gasteiger partial charge in [0, 0.05) is 6.42 Å². The van der Waals surface area contributed by atoms with Crippen LogP contribution in [-0.2, 0) is 9.59 Å². The van der Waals surface area contributed by atoms with Gasteiger partial charge >= 0.3 is 5.97 Å². The van der Waals surface area contributed by atoms with Gasteiger partial charge in [0.15, 0.2) is 0 Å². The Morgan fingerprint density at radius 1 is 1.20 bits per heavy atom. The molecule has 5 nitrogen and oxygen atoms in total. The van der Waals surface area contributed by atoms with Gasteiger partial charge in [0.25, 0.3) is 0 Å². The zero-order valence-corrected chi connectivity index (χ0v) is 13.2. The topological polar surface area (TPSA) is 92.4 Å². The van der Waals surface area contributed by atoms with E-state index in [9.17, 15) is 9.59 Å². The molecule has 0 rings (SSSR count). The predicted molar refractivity (Wildman–Crippen MR) is 80.3 cm³/mol. The molecule has 0 aromatic rings. The molecule has 4 N–H and O–H groups in total. The molecule has 0 saturated heterocycles. The van der Waals surface area contributed by atoms with E-state index in [1.807, 2.05) is 13.8 Å². The Bertz CT molecular complexity index is 305. The minimum absolute atomic E-state index is 0.0682. The highest BCUT2D eigenvalue weighted by Crippen LogP contribution is 2.20. The van der Waals surface area contributed by atoms with Crippen LogP contribution in [0.2, 0.25) is 0 Å². The van der Waals surface area contributed by atoms with Gasteiger partial charge in [-0.3, -0.25) is 4.79 Å². The zero-order chi connectivity index (χ0) is 15.7. The Labute approximate surface area is 122 Å². The molecule has 1 unspecified atom stereocenters. The molecule has 0 fully saturated rings. The van der Waals surface area contributed by atoms with Gasteiger partial charge in [0.05, 0.1) is 0 Å². The highest BCUT2D eigenvalue weighted by molar-refractivity contribution is 5.83. The molecule has 3 atom stereocenters. The molecule has 0 aliphatic carbocycles. The number of carbonyl (C=O) groups is 2. The van der Waals surface area contributed by atoms with Crippen LogP contribution < -0.4 is 11.1 Å². The number of hydrogen-bond donors (Lipinski definition) is 3. The second-order valence-electron chi connectivity index (χ2n) is 5.89. The molecule has 20 heavy (non-hydrogen) atoms. The van der Waals surface area contributed by atoms with Crippen molar-refractivity contribution in [3.63, 3.8) is 0 Å². The Balaban J connectivity index is 4.35. The fourth-order valence-corrected chi connectivity index (χ4v) is 2.27. The molecule has 0 radical (unpaired) electrons. The summed E-state index contributed by atoms with van der Waals surface area (Å²) in [5.41, 5.74) is 5.57. The first-order valence-corrected chi connectivity index (χ1v) is 7.55. The number of carbonyl (C=O) groups excluding carboxylic acids is 1. The number of aliphatic carboxylic acids is 1. The van der Waals surface area contributed by atoms with Crippen LogP contribution in [0, 0.1) is 17.8 Å². The fraction of sp³-hybridized carbons (Fsp3) is 0.867. The molecule has 0 heterocycles. The summed E-state index contributed by atoms with van der Waals surface area (Å²) < 4.78 is 0. The second kappa shape index (κ2) is 9.75. The van der Waals surface area contributed by atoms with Gasteiger partial charge in [-0.15, -0.1) is 0 Å². The summed E-state index contributed by atoms with van der Waals surface area (Å²) in [6.45, 7) is 8.62. The van der Waals surface area contributed by atoms with Crippen LogP contribution in [0.1, 0.15) is 53.4 Å². The largest absolute Gasteiger partial charge is 0.480 e. The Morgan fingerprint density at radius 3 is 2.20 bits per heavy atom. The van der Waals surface area contributed by atoms with Gasteiger partial charge in [0.1, 0.15) is 6.04 Å². The van der Waals surface area contributed by atoms with E-state index in [0.717, 1.165) is 19.3 Å². The molecule has 118 valence electrons. The van der Waals surface area contributed by atoms with Crippen molar-refractivity contribution in [1.82, 2.24) is 5.32 Å². The molecular weight excluding hydrogens is 256 g/mol. The van der Waals surface area contributed by atoms with Crippen LogP contribution in [0.5, 0.6) is 0 Å². The lowest BCUT2D eigenvalue weighted by molar-refractivity contribution is -0.143. The quantitative estimate of drug-likeness (QED) is 0.572. The van der Waals surface area contributed by atoms with Gasteiger partial charge in [-0.1, -0.05) is 34.1 Å². The molecule has 0 aliphatic rings. The smallest absolute Gasteiger partial charge is 0.326 e. The third kappa shape index (κ3) is 6.89. The number of nitrogens with two attached hydrogens (primary N) is 1. The van der Waals surface area contributed by atoms with Gasteiger partial charge < -0.3 is 16.2 Å². The van der Waals surface area contributed by atoms with Gasteiger partial charge in [-0.05, 0) is 37.1 Å². The van der Waals surface area contributed by atoms with E-state index < -0.39 is 12.0 Å². The summed E-state index contributed by atoms with van der Waals surface area (Å²) in [4.78, 5) is 23.1. The van der Waals surface area contributed by atoms with E-state index in [-0.39, 0.29) is 11.8 Å². The first-order valence-electron chi connectivity index (χ1n) is 7.55. The molecular formula is C15H30N2O3. The van der Waals surface area contributed by atoms with E-state index in [0.29, 0.717) is 24.8 Å². The first kappa shape index (κ1) is 18.9. The van der Waals surface area contributed by atoms with E-state index in [1.54, 1.807) is 0 Å². The van der Waals surface area contributed by atoms with Crippen LogP contribution in [0.4, 0.5) is 0 Å². The molecule has 0 saturated carbocycles. The van der Waals surface area contributed by atoms with E-state index in [2.05, 4.69) is 19.2 Å². The van der Waals surface area contributed by atoms with Crippen molar-refractivity contribution in [2.24, 2.45) is 23.5 Å². The Morgan fingerprint density at radius 2 is 1.80 bits per heavy atom. The molecule has 5 heteroatoms. The molecule has 0 aromatic heterocycles. The number of nitrogens with one attached hydrogen (secondary N) is 1. The highest BCUT2D eigenvalue weighted by atomic mass is 16.4. The summed E-state index contributed by atoms with van der Waals surface area (Å²) in [6, 6.07) is -0.792. The van der Waals surface area contributed by atoms with Crippen molar-refractivity contribution in [3.05, 3.63) is 0 Å². The molecule has 0 spiro atoms. The third-order valence-corrected chi connectivity index (χ3v) is 4.02. The Hall–Kier alpha value is -1.10. The van der Waals surface area contributed by atoms with Crippen molar-refractivity contribution >= 4 is 11.9 Å². The van der Waals surface area contributed by atoms with E-state index in [4.69, 9.17) is 10.8 Å². The van der Waals surface area contributed by atoms with E-state index in [1.165, 1.54) is 0 Å². The lowest BCUT2D eigenvalue weighted by Gasteiger charge is -2.22. The SMILES string of the molecule is CC[C@H](C)[C@H](NC(=O)CCC(CCN)C(C)C)C(=O)O. The van der Waals surface area contributed by atoms with Crippen molar-refractivity contribution < 1.29 is 14.7 Å². The average molecular weight is 286 g/mol. The number of carboxylic acids is 1. The monoisotopic (exact) mass is 286 g/mol. The molecule has 1 amide bonds. The lowest BCUT2D eigenvalue weighted by Crippen LogP contribution is -2.45. The van der Waals surface area contributed by atoms with Crippen molar-refractivity contribution in [2.75, 3.05) is 6.54 Å². The Kier molecular flexibility index (Phi) is 9.21. The number of amides is 1.